The lowest BCUT2D eigenvalue weighted by molar-refractivity contribution is 0.159. The third-order valence-electron chi connectivity index (χ3n) is 4.37. The minimum Gasteiger partial charge on any atom is -0.338 e. The molecule has 128 valence electrons. The van der Waals surface area contributed by atoms with E-state index in [1.165, 1.54) is 5.56 Å². The van der Waals surface area contributed by atoms with Gasteiger partial charge in [0.05, 0.1) is 0 Å². The molecule has 0 saturated carbocycles. The molecule has 1 aliphatic heterocycles. The van der Waals surface area contributed by atoms with Crippen molar-refractivity contribution in [2.24, 2.45) is 0 Å². The van der Waals surface area contributed by atoms with Crippen molar-refractivity contribution in [2.75, 3.05) is 13.1 Å². The van der Waals surface area contributed by atoms with Crippen LogP contribution in [-0.2, 0) is 6.42 Å². The lowest BCUT2D eigenvalue weighted by atomic mass is 10.1. The van der Waals surface area contributed by atoms with Crippen LogP contribution in [0.1, 0.15) is 49.0 Å². The molecule has 1 saturated heterocycles. The molecule has 6 heteroatoms. The number of amides is 2. The third-order valence-corrected chi connectivity index (χ3v) is 4.37. The van der Waals surface area contributed by atoms with Crippen LogP contribution in [0.15, 0.2) is 34.9 Å². The Kier molecular flexibility index (Phi) is 5.46. The number of aromatic nitrogens is 2. The number of benzene rings is 1. The van der Waals surface area contributed by atoms with E-state index in [-0.39, 0.29) is 12.1 Å². The fourth-order valence-corrected chi connectivity index (χ4v) is 3.12. The van der Waals surface area contributed by atoms with E-state index in [2.05, 4.69) is 27.6 Å². The summed E-state index contributed by atoms with van der Waals surface area (Å²) >= 11 is 0. The molecule has 1 fully saturated rings. The van der Waals surface area contributed by atoms with Crippen molar-refractivity contribution in [3.63, 3.8) is 0 Å². The van der Waals surface area contributed by atoms with Crippen molar-refractivity contribution in [1.82, 2.24) is 20.4 Å². The van der Waals surface area contributed by atoms with E-state index in [0.717, 1.165) is 38.6 Å². The number of hydrogen-bond acceptors (Lipinski definition) is 4. The van der Waals surface area contributed by atoms with Gasteiger partial charge in [-0.2, -0.15) is 4.98 Å². The molecule has 1 N–H and O–H groups in total. The largest absolute Gasteiger partial charge is 0.338 e. The van der Waals surface area contributed by atoms with E-state index >= 15 is 0 Å². The monoisotopic (exact) mass is 328 g/mol. The lowest BCUT2D eigenvalue weighted by Crippen LogP contribution is -2.43. The maximum Gasteiger partial charge on any atom is 0.318 e. The van der Waals surface area contributed by atoms with Gasteiger partial charge in [-0.3, -0.25) is 0 Å². The Hall–Kier alpha value is -2.37. The Morgan fingerprint density at radius 1 is 1.29 bits per heavy atom. The molecule has 0 aliphatic carbocycles. The highest BCUT2D eigenvalue weighted by Crippen LogP contribution is 2.29. The minimum atomic E-state index is -0.120. The summed E-state index contributed by atoms with van der Waals surface area (Å²) in [4.78, 5) is 18.8. The van der Waals surface area contributed by atoms with Gasteiger partial charge in [0.25, 0.3) is 0 Å². The first kappa shape index (κ1) is 16.5. The second kappa shape index (κ2) is 7.95. The molecule has 6 nitrogen and oxygen atoms in total. The van der Waals surface area contributed by atoms with Gasteiger partial charge in [0.1, 0.15) is 6.04 Å². The molecular formula is C18H24N4O2. The predicted molar refractivity (Wildman–Crippen MR) is 90.5 cm³/mol. The van der Waals surface area contributed by atoms with Crippen LogP contribution in [0.25, 0.3) is 0 Å². The number of nitrogens with one attached hydrogen (secondary N) is 1. The van der Waals surface area contributed by atoms with Crippen LogP contribution in [0.4, 0.5) is 4.79 Å². The molecular weight excluding hydrogens is 304 g/mol. The highest BCUT2D eigenvalue weighted by atomic mass is 16.5. The lowest BCUT2D eigenvalue weighted by Gasteiger charge is -2.27. The zero-order chi connectivity index (χ0) is 16.8. The van der Waals surface area contributed by atoms with Gasteiger partial charge in [-0.25, -0.2) is 4.79 Å². The standard InChI is InChI=1S/C18H24N4O2/c1-14-20-17(24-21-14)16-10-6-3-7-13-22(16)18(23)19-12-11-15-8-4-2-5-9-15/h2,4-5,8-9,16H,3,6-7,10-13H2,1H3,(H,19,23). The summed E-state index contributed by atoms with van der Waals surface area (Å²) < 4.78 is 5.33. The zero-order valence-corrected chi connectivity index (χ0v) is 14.1. The molecule has 0 spiro atoms. The van der Waals surface area contributed by atoms with Crippen LogP contribution < -0.4 is 5.32 Å². The molecule has 1 aliphatic rings. The zero-order valence-electron chi connectivity index (χ0n) is 14.1. The van der Waals surface area contributed by atoms with Gasteiger partial charge in [0, 0.05) is 13.1 Å². The fourth-order valence-electron chi connectivity index (χ4n) is 3.12. The molecule has 2 heterocycles. The summed E-state index contributed by atoms with van der Waals surface area (Å²) in [6.45, 7) is 3.15. The van der Waals surface area contributed by atoms with Crippen molar-refractivity contribution < 1.29 is 9.32 Å². The third kappa shape index (κ3) is 4.13. The van der Waals surface area contributed by atoms with Crippen LogP contribution >= 0.6 is 0 Å². The Balaban J connectivity index is 1.61. The molecule has 2 amide bonds. The molecule has 1 aromatic heterocycles. The summed E-state index contributed by atoms with van der Waals surface area (Å²) in [6.07, 6.45) is 4.89. The van der Waals surface area contributed by atoms with Gasteiger partial charge in [0.2, 0.25) is 5.89 Å². The van der Waals surface area contributed by atoms with E-state index in [1.807, 2.05) is 23.1 Å². The van der Waals surface area contributed by atoms with Crippen LogP contribution in [0, 0.1) is 6.92 Å². The van der Waals surface area contributed by atoms with Crippen molar-refractivity contribution in [3.05, 3.63) is 47.6 Å². The Morgan fingerprint density at radius 2 is 2.12 bits per heavy atom. The number of urea groups is 1. The average Bonchev–Trinajstić information content (AvgIpc) is 2.88. The summed E-state index contributed by atoms with van der Waals surface area (Å²) in [5.41, 5.74) is 1.22. The van der Waals surface area contributed by atoms with E-state index in [0.29, 0.717) is 18.3 Å². The number of rotatable bonds is 4. The van der Waals surface area contributed by atoms with E-state index in [1.54, 1.807) is 6.92 Å². The Labute approximate surface area is 142 Å². The van der Waals surface area contributed by atoms with Gasteiger partial charge in [0.15, 0.2) is 5.82 Å². The second-order valence-electron chi connectivity index (χ2n) is 6.21. The number of carbonyl (C=O) groups is 1. The first-order valence-corrected chi connectivity index (χ1v) is 8.62. The van der Waals surface area contributed by atoms with Gasteiger partial charge in [-0.1, -0.05) is 48.3 Å². The highest BCUT2D eigenvalue weighted by molar-refractivity contribution is 5.74. The van der Waals surface area contributed by atoms with Crippen molar-refractivity contribution in [3.8, 4) is 0 Å². The normalized spacial score (nSPS) is 18.2. The number of carbonyl (C=O) groups excluding carboxylic acids is 1. The Bertz CT molecular complexity index is 656. The van der Waals surface area contributed by atoms with Gasteiger partial charge in [-0.15, -0.1) is 0 Å². The molecule has 1 unspecified atom stereocenters. The first-order chi connectivity index (χ1) is 11.7. The van der Waals surface area contributed by atoms with Crippen LogP contribution in [0.5, 0.6) is 0 Å². The number of hydrogen-bond donors (Lipinski definition) is 1. The van der Waals surface area contributed by atoms with Gasteiger partial charge in [-0.05, 0) is 31.7 Å². The molecule has 2 aromatic rings. The van der Waals surface area contributed by atoms with E-state index < -0.39 is 0 Å². The molecule has 3 rings (SSSR count). The van der Waals surface area contributed by atoms with Crippen molar-refractivity contribution >= 4 is 6.03 Å². The predicted octanol–water partition coefficient (Wildman–Crippen LogP) is 3.25. The maximum absolute atomic E-state index is 12.7. The summed E-state index contributed by atoms with van der Waals surface area (Å²) in [5.74, 6) is 1.16. The van der Waals surface area contributed by atoms with Crippen LogP contribution in [0.2, 0.25) is 0 Å². The number of nitrogens with zero attached hydrogens (tertiary/aromatic N) is 3. The minimum absolute atomic E-state index is 0.0475. The topological polar surface area (TPSA) is 71.3 Å². The molecule has 1 atom stereocenters. The Morgan fingerprint density at radius 3 is 2.88 bits per heavy atom. The summed E-state index contributed by atoms with van der Waals surface area (Å²) in [5, 5.41) is 6.91. The highest BCUT2D eigenvalue weighted by Gasteiger charge is 2.30. The van der Waals surface area contributed by atoms with Gasteiger partial charge < -0.3 is 14.7 Å². The quantitative estimate of drug-likeness (QED) is 0.935. The molecule has 0 bridgehead atoms. The number of aryl methyl sites for hydroxylation is 1. The average molecular weight is 328 g/mol. The number of likely N-dealkylation sites (tertiary alicyclic amines) is 1. The molecule has 1 aromatic carbocycles. The smallest absolute Gasteiger partial charge is 0.318 e. The fraction of sp³-hybridized carbons (Fsp3) is 0.500. The van der Waals surface area contributed by atoms with E-state index in [4.69, 9.17) is 4.52 Å². The summed E-state index contributed by atoms with van der Waals surface area (Å²) in [7, 11) is 0. The van der Waals surface area contributed by atoms with Gasteiger partial charge >= 0.3 is 6.03 Å². The van der Waals surface area contributed by atoms with E-state index in [9.17, 15) is 4.79 Å². The molecule has 0 radical (unpaired) electrons. The van der Waals surface area contributed by atoms with Crippen molar-refractivity contribution in [1.29, 1.82) is 0 Å². The first-order valence-electron chi connectivity index (χ1n) is 8.62. The van der Waals surface area contributed by atoms with Crippen LogP contribution in [-0.4, -0.2) is 34.2 Å². The molecule has 24 heavy (non-hydrogen) atoms. The maximum atomic E-state index is 12.7. The second-order valence-corrected chi connectivity index (χ2v) is 6.21. The van der Waals surface area contributed by atoms with Crippen molar-refractivity contribution in [2.45, 2.75) is 45.1 Å². The summed E-state index contributed by atoms with van der Waals surface area (Å²) in [6, 6.07) is 10.00. The van der Waals surface area contributed by atoms with Crippen LogP contribution in [0.3, 0.4) is 0 Å². The SMILES string of the molecule is Cc1noc(C2CCCCCN2C(=O)NCCc2ccccc2)n1.